The van der Waals surface area contributed by atoms with Crippen molar-refractivity contribution in [2.24, 2.45) is 0 Å². The molecule has 3 rings (SSSR count). The van der Waals surface area contributed by atoms with Crippen molar-refractivity contribution in [2.75, 3.05) is 0 Å². The molecule has 2 nitrogen and oxygen atoms in total. The van der Waals surface area contributed by atoms with Crippen LogP contribution in [0.1, 0.15) is 0 Å². The molecule has 0 saturated heterocycles. The van der Waals surface area contributed by atoms with Crippen molar-refractivity contribution in [3.05, 3.63) is 78.4 Å². The standard InChI is InChI=1S/C18H13BF2O2/c20-17-5-1-12(2-6-17)14-9-15(11-16(10-14)19(22)23)13-3-7-18(21)8-4-13/h1-11,22-23H. The Hall–Kier alpha value is -2.50. The summed E-state index contributed by atoms with van der Waals surface area (Å²) in [5, 5.41) is 19.0. The summed E-state index contributed by atoms with van der Waals surface area (Å²) in [6.07, 6.45) is 0. The predicted molar refractivity (Wildman–Crippen MR) is 87.1 cm³/mol. The van der Waals surface area contributed by atoms with E-state index < -0.39 is 7.12 Å². The second-order valence-corrected chi connectivity index (χ2v) is 5.23. The first kappa shape index (κ1) is 15.4. The van der Waals surface area contributed by atoms with Gasteiger partial charge in [0.1, 0.15) is 11.6 Å². The van der Waals surface area contributed by atoms with E-state index in [0.29, 0.717) is 5.46 Å². The van der Waals surface area contributed by atoms with Crippen molar-refractivity contribution in [3.8, 4) is 22.3 Å². The highest BCUT2D eigenvalue weighted by Crippen LogP contribution is 2.26. The van der Waals surface area contributed by atoms with Crippen LogP contribution in [0.3, 0.4) is 0 Å². The molecule has 0 aliphatic carbocycles. The zero-order chi connectivity index (χ0) is 16.4. The minimum absolute atomic E-state index is 0.311. The molecule has 0 unspecified atom stereocenters. The van der Waals surface area contributed by atoms with Gasteiger partial charge in [-0.15, -0.1) is 0 Å². The Morgan fingerprint density at radius 3 is 1.30 bits per heavy atom. The van der Waals surface area contributed by atoms with Gasteiger partial charge in [-0.05, 0) is 58.0 Å². The van der Waals surface area contributed by atoms with Crippen LogP contribution in [0.4, 0.5) is 8.78 Å². The van der Waals surface area contributed by atoms with Gasteiger partial charge in [0.05, 0.1) is 0 Å². The topological polar surface area (TPSA) is 40.5 Å². The first-order valence-electron chi connectivity index (χ1n) is 7.06. The largest absolute Gasteiger partial charge is 0.488 e. The van der Waals surface area contributed by atoms with Crippen molar-refractivity contribution in [3.63, 3.8) is 0 Å². The summed E-state index contributed by atoms with van der Waals surface area (Å²) < 4.78 is 26.2. The van der Waals surface area contributed by atoms with Crippen LogP contribution in [0.2, 0.25) is 0 Å². The molecule has 5 heteroatoms. The molecule has 0 saturated carbocycles. The van der Waals surface area contributed by atoms with E-state index in [2.05, 4.69) is 0 Å². The molecule has 0 atom stereocenters. The molecule has 3 aromatic rings. The second-order valence-electron chi connectivity index (χ2n) is 5.23. The zero-order valence-corrected chi connectivity index (χ0v) is 12.1. The van der Waals surface area contributed by atoms with Gasteiger partial charge < -0.3 is 10.0 Å². The van der Waals surface area contributed by atoms with Crippen molar-refractivity contribution in [2.45, 2.75) is 0 Å². The minimum Gasteiger partial charge on any atom is -0.423 e. The molecular weight excluding hydrogens is 297 g/mol. The summed E-state index contributed by atoms with van der Waals surface area (Å²) >= 11 is 0. The van der Waals surface area contributed by atoms with Crippen LogP contribution in [0, 0.1) is 11.6 Å². The molecule has 0 heterocycles. The van der Waals surface area contributed by atoms with Gasteiger partial charge in [-0.25, -0.2) is 8.78 Å². The van der Waals surface area contributed by atoms with Crippen LogP contribution >= 0.6 is 0 Å². The Balaban J connectivity index is 2.13. The number of hydrogen-bond acceptors (Lipinski definition) is 2. The lowest BCUT2D eigenvalue weighted by Gasteiger charge is -2.10. The third-order valence-electron chi connectivity index (χ3n) is 3.61. The first-order valence-corrected chi connectivity index (χ1v) is 7.06. The highest BCUT2D eigenvalue weighted by Gasteiger charge is 2.14. The molecule has 0 bridgehead atoms. The van der Waals surface area contributed by atoms with E-state index in [1.807, 2.05) is 6.07 Å². The van der Waals surface area contributed by atoms with Gasteiger partial charge in [-0.3, -0.25) is 0 Å². The van der Waals surface area contributed by atoms with Crippen LogP contribution in [0.15, 0.2) is 66.7 Å². The van der Waals surface area contributed by atoms with Gasteiger partial charge in [0.2, 0.25) is 0 Å². The molecule has 0 aliphatic rings. The van der Waals surface area contributed by atoms with Crippen LogP contribution in [-0.4, -0.2) is 17.2 Å². The van der Waals surface area contributed by atoms with Crippen LogP contribution < -0.4 is 5.46 Å². The van der Waals surface area contributed by atoms with E-state index in [9.17, 15) is 18.8 Å². The molecule has 114 valence electrons. The van der Waals surface area contributed by atoms with E-state index in [1.165, 1.54) is 24.3 Å². The molecule has 0 radical (unpaired) electrons. The van der Waals surface area contributed by atoms with E-state index in [-0.39, 0.29) is 11.6 Å². The molecule has 0 aliphatic heterocycles. The van der Waals surface area contributed by atoms with E-state index >= 15 is 0 Å². The third kappa shape index (κ3) is 3.47. The Labute approximate surface area is 132 Å². The smallest absolute Gasteiger partial charge is 0.423 e. The Bertz CT molecular complexity index is 752. The summed E-state index contributed by atoms with van der Waals surface area (Å²) in [4.78, 5) is 0. The van der Waals surface area contributed by atoms with Crippen LogP contribution in [0.5, 0.6) is 0 Å². The van der Waals surface area contributed by atoms with E-state index in [1.54, 1.807) is 36.4 Å². The summed E-state index contributed by atoms with van der Waals surface area (Å²) in [5.41, 5.74) is 3.24. The normalized spacial score (nSPS) is 10.6. The van der Waals surface area contributed by atoms with Crippen LogP contribution in [-0.2, 0) is 0 Å². The second kappa shape index (κ2) is 6.32. The summed E-state index contributed by atoms with van der Waals surface area (Å²) in [6, 6.07) is 16.9. The highest BCUT2D eigenvalue weighted by molar-refractivity contribution is 6.58. The van der Waals surface area contributed by atoms with Gasteiger partial charge in [0.15, 0.2) is 0 Å². The lowest BCUT2D eigenvalue weighted by Crippen LogP contribution is -2.29. The quantitative estimate of drug-likeness (QED) is 0.730. The lowest BCUT2D eigenvalue weighted by molar-refractivity contribution is 0.426. The number of benzene rings is 3. The molecule has 2 N–H and O–H groups in total. The fourth-order valence-electron chi connectivity index (χ4n) is 2.42. The van der Waals surface area contributed by atoms with Crippen molar-refractivity contribution in [1.29, 1.82) is 0 Å². The van der Waals surface area contributed by atoms with Gasteiger partial charge in [-0.2, -0.15) is 0 Å². The maximum Gasteiger partial charge on any atom is 0.488 e. The summed E-state index contributed by atoms with van der Waals surface area (Å²) in [5.74, 6) is -0.684. The third-order valence-corrected chi connectivity index (χ3v) is 3.61. The molecule has 0 fully saturated rings. The van der Waals surface area contributed by atoms with Crippen molar-refractivity contribution in [1.82, 2.24) is 0 Å². The van der Waals surface area contributed by atoms with Gasteiger partial charge in [0.25, 0.3) is 0 Å². The predicted octanol–water partition coefficient (Wildman–Crippen LogP) is 2.98. The Morgan fingerprint density at radius 1 is 0.565 bits per heavy atom. The van der Waals surface area contributed by atoms with E-state index in [4.69, 9.17) is 0 Å². The fourth-order valence-corrected chi connectivity index (χ4v) is 2.42. The SMILES string of the molecule is OB(O)c1cc(-c2ccc(F)cc2)cc(-c2ccc(F)cc2)c1. The summed E-state index contributed by atoms with van der Waals surface area (Å²) in [6.45, 7) is 0. The minimum atomic E-state index is -1.63. The molecular formula is C18H13BF2O2. The fraction of sp³-hybridized carbons (Fsp3) is 0. The Morgan fingerprint density at radius 2 is 0.957 bits per heavy atom. The maximum atomic E-state index is 13.1. The average Bonchev–Trinajstić information content (AvgIpc) is 2.55. The molecule has 3 aromatic carbocycles. The number of halogens is 2. The molecule has 23 heavy (non-hydrogen) atoms. The monoisotopic (exact) mass is 310 g/mol. The summed E-state index contributed by atoms with van der Waals surface area (Å²) in [7, 11) is -1.63. The van der Waals surface area contributed by atoms with Crippen molar-refractivity contribution < 1.29 is 18.8 Å². The van der Waals surface area contributed by atoms with Crippen LogP contribution in [0.25, 0.3) is 22.3 Å². The van der Waals surface area contributed by atoms with Gasteiger partial charge in [0, 0.05) is 0 Å². The van der Waals surface area contributed by atoms with Gasteiger partial charge >= 0.3 is 7.12 Å². The van der Waals surface area contributed by atoms with Crippen molar-refractivity contribution >= 4 is 12.6 Å². The van der Waals surface area contributed by atoms with E-state index in [0.717, 1.165) is 22.3 Å². The maximum absolute atomic E-state index is 13.1. The molecule has 0 amide bonds. The number of rotatable bonds is 3. The average molecular weight is 310 g/mol. The molecule has 0 spiro atoms. The van der Waals surface area contributed by atoms with Gasteiger partial charge in [-0.1, -0.05) is 36.4 Å². The first-order chi connectivity index (χ1) is 11.0. The highest BCUT2D eigenvalue weighted by atomic mass is 19.1. The number of hydrogen-bond donors (Lipinski definition) is 2. The Kier molecular flexibility index (Phi) is 4.23. The zero-order valence-electron chi connectivity index (χ0n) is 12.1. The molecule has 0 aromatic heterocycles. The lowest BCUT2D eigenvalue weighted by atomic mass is 9.77.